The molecule has 0 aliphatic carbocycles. The average molecular weight is 275 g/mol. The van der Waals surface area contributed by atoms with Gasteiger partial charge >= 0.3 is 0 Å². The lowest BCUT2D eigenvalue weighted by Crippen LogP contribution is -1.84. The fraction of sp³-hybridized carbons (Fsp3) is 0.400. The molecule has 0 spiro atoms. The summed E-state index contributed by atoms with van der Waals surface area (Å²) in [5, 5.41) is 0. The van der Waals surface area contributed by atoms with E-state index >= 15 is 0 Å². The quantitative estimate of drug-likeness (QED) is 0.596. The molecule has 0 aromatic heterocycles. The van der Waals surface area contributed by atoms with Crippen molar-refractivity contribution < 1.29 is 0 Å². The Hall–Kier alpha value is -0.250. The summed E-state index contributed by atoms with van der Waals surface area (Å²) in [6, 6.07) is 0. The van der Waals surface area contributed by atoms with Gasteiger partial charge in [-0.3, -0.25) is 3.15 Å². The van der Waals surface area contributed by atoms with Crippen molar-refractivity contribution in [3.8, 4) is 0 Å². The summed E-state index contributed by atoms with van der Waals surface area (Å²) in [5.74, 6) is 0.660. The minimum absolute atomic E-state index is 0.0264. The van der Waals surface area contributed by atoms with E-state index in [9.17, 15) is 0 Å². The number of nitrogens with zero attached hydrogens (tertiary/aromatic N) is 1. The van der Waals surface area contributed by atoms with Crippen LogP contribution in [-0.4, -0.2) is 6.54 Å². The number of hydrogen-bond donors (Lipinski definition) is 0. The summed E-state index contributed by atoms with van der Waals surface area (Å²) in [7, 11) is 0. The van der Waals surface area contributed by atoms with E-state index in [2.05, 4.69) is 44.5 Å². The fourth-order valence-corrected chi connectivity index (χ4v) is 2.10. The summed E-state index contributed by atoms with van der Waals surface area (Å²) in [4.78, 5) is 0. The molecular weight excluding hydrogens is 261 g/mol. The first-order valence-electron chi connectivity index (χ1n) is 4.17. The molecule has 0 saturated heterocycles. The van der Waals surface area contributed by atoms with E-state index in [4.69, 9.17) is 0 Å². The Morgan fingerprint density at radius 2 is 2.25 bits per heavy atom. The van der Waals surface area contributed by atoms with Gasteiger partial charge in [0.2, 0.25) is 0 Å². The minimum atomic E-state index is -0.0264. The van der Waals surface area contributed by atoms with Gasteiger partial charge in [-0.1, -0.05) is 37.3 Å². The Morgan fingerprint density at radius 3 is 3.17 bits per heavy atom. The maximum atomic E-state index is 4.40. The normalized spacial score (nSPS) is 32.6. The van der Waals surface area contributed by atoms with E-state index in [1.54, 1.807) is 0 Å². The first-order chi connectivity index (χ1) is 5.89. The molecule has 0 N–H and O–H groups in total. The van der Waals surface area contributed by atoms with E-state index < -0.39 is 0 Å². The minimum Gasteiger partial charge on any atom is -0.255 e. The van der Waals surface area contributed by atoms with Gasteiger partial charge in [-0.25, -0.2) is 0 Å². The van der Waals surface area contributed by atoms with Crippen molar-refractivity contribution in [1.29, 1.82) is 0 Å². The van der Waals surface area contributed by atoms with Crippen molar-refractivity contribution in [2.24, 2.45) is 9.06 Å². The van der Waals surface area contributed by atoms with Crippen LogP contribution in [0.3, 0.4) is 0 Å². The molecule has 0 saturated carbocycles. The second-order valence-electron chi connectivity index (χ2n) is 2.79. The lowest BCUT2D eigenvalue weighted by molar-refractivity contribution is 0.745. The monoisotopic (exact) mass is 275 g/mol. The molecule has 2 heteroatoms. The van der Waals surface area contributed by atoms with Gasteiger partial charge in [0, 0.05) is 21.0 Å². The molecule has 1 atom stereocenters. The first-order valence-corrected chi connectivity index (χ1v) is 6.38. The second-order valence-corrected chi connectivity index (χ2v) is 4.75. The van der Waals surface area contributed by atoms with Gasteiger partial charge in [0.05, 0.1) is 6.54 Å². The average Bonchev–Trinajstić information content (AvgIpc) is 2.11. The molecule has 0 radical (unpaired) electrons. The number of allylic oxidation sites excluding steroid dienone is 4. The van der Waals surface area contributed by atoms with Crippen LogP contribution < -0.4 is 0 Å². The molecule has 1 rings (SSSR count). The Morgan fingerprint density at radius 1 is 1.33 bits per heavy atom. The molecule has 0 unspecified atom stereocenters. The maximum Gasteiger partial charge on any atom is 0.0632 e. The van der Waals surface area contributed by atoms with Crippen LogP contribution in [0.25, 0.3) is 0 Å². The Labute approximate surface area is 84.4 Å². The molecule has 0 aromatic carbocycles. The fourth-order valence-electron chi connectivity index (χ4n) is 0.897. The summed E-state index contributed by atoms with van der Waals surface area (Å²) in [5.41, 5.74) is 0. The van der Waals surface area contributed by atoms with Crippen LogP contribution in [0.5, 0.6) is 0 Å². The van der Waals surface area contributed by atoms with Gasteiger partial charge in [-0.05, 0) is 16.4 Å². The van der Waals surface area contributed by atoms with E-state index in [1.165, 1.54) is 0 Å². The second kappa shape index (κ2) is 6.29. The van der Waals surface area contributed by atoms with Crippen molar-refractivity contribution in [1.82, 2.24) is 0 Å². The first kappa shape index (κ1) is 9.84. The molecule has 1 aliphatic rings. The van der Waals surface area contributed by atoms with Crippen molar-refractivity contribution in [2.45, 2.75) is 13.3 Å². The van der Waals surface area contributed by atoms with Crippen molar-refractivity contribution in [2.75, 3.05) is 6.54 Å². The van der Waals surface area contributed by atoms with Gasteiger partial charge in [-0.2, -0.15) is 0 Å². The highest BCUT2D eigenvalue weighted by Crippen LogP contribution is 2.10. The summed E-state index contributed by atoms with van der Waals surface area (Å²) in [6.45, 7) is 3.12. The Kier molecular flexibility index (Phi) is 5.15. The van der Waals surface area contributed by atoms with Crippen LogP contribution in [0.2, 0.25) is 0 Å². The molecule has 12 heavy (non-hydrogen) atoms. The predicted octanol–water partition coefficient (Wildman–Crippen LogP) is 3.81. The van der Waals surface area contributed by atoms with Crippen LogP contribution in [0.1, 0.15) is 13.3 Å². The molecular formula is C10H14IN. The highest BCUT2D eigenvalue weighted by molar-refractivity contribution is 14.2. The molecule has 1 heterocycles. The van der Waals surface area contributed by atoms with Gasteiger partial charge < -0.3 is 0 Å². The maximum absolute atomic E-state index is 4.40. The van der Waals surface area contributed by atoms with E-state index in [1.807, 2.05) is 0 Å². The SMILES string of the molecule is C[C@@H]1/C=C\C=C/CN=I/C=C\C1. The van der Waals surface area contributed by atoms with Crippen LogP contribution >= 0.6 is 21.0 Å². The third-order valence-electron chi connectivity index (χ3n) is 1.58. The summed E-state index contributed by atoms with van der Waals surface area (Å²) in [6.07, 6.45) is 12.0. The van der Waals surface area contributed by atoms with Crippen LogP contribution in [-0.2, 0) is 0 Å². The number of halogens is 1. The third kappa shape index (κ3) is 4.59. The van der Waals surface area contributed by atoms with E-state index in [0.717, 1.165) is 13.0 Å². The van der Waals surface area contributed by atoms with E-state index in [-0.39, 0.29) is 21.0 Å². The third-order valence-corrected chi connectivity index (χ3v) is 3.20. The highest BCUT2D eigenvalue weighted by atomic mass is 127. The Balaban J connectivity index is 2.57. The standard InChI is InChI=1S/C10H14IN/c1-10-6-3-2-4-9-12-11-8-5-7-10/h2-6,8,10H,7,9H2,1H3/b4-2-,6-3-,8-5-/t10-/m1/s1. The van der Waals surface area contributed by atoms with Crippen LogP contribution in [0, 0.1) is 5.92 Å². The van der Waals surface area contributed by atoms with Gasteiger partial charge in [0.15, 0.2) is 0 Å². The zero-order valence-electron chi connectivity index (χ0n) is 7.28. The van der Waals surface area contributed by atoms with Gasteiger partial charge in [-0.15, -0.1) is 0 Å². The van der Waals surface area contributed by atoms with Crippen LogP contribution in [0.4, 0.5) is 0 Å². The lowest BCUT2D eigenvalue weighted by atomic mass is 10.1. The largest absolute Gasteiger partial charge is 0.255 e. The molecule has 66 valence electrons. The number of rotatable bonds is 0. The summed E-state index contributed by atoms with van der Waals surface area (Å²) < 4.78 is 6.65. The van der Waals surface area contributed by atoms with E-state index in [0.29, 0.717) is 5.92 Å². The molecule has 1 aliphatic heterocycles. The topological polar surface area (TPSA) is 12.4 Å². The molecule has 0 fully saturated rings. The zero-order chi connectivity index (χ0) is 8.65. The van der Waals surface area contributed by atoms with Crippen molar-refractivity contribution in [3.05, 3.63) is 34.5 Å². The molecule has 0 amide bonds. The summed E-state index contributed by atoms with van der Waals surface area (Å²) >= 11 is -0.0264. The van der Waals surface area contributed by atoms with Gasteiger partial charge in [0.25, 0.3) is 0 Å². The van der Waals surface area contributed by atoms with Gasteiger partial charge in [0.1, 0.15) is 0 Å². The highest BCUT2D eigenvalue weighted by Gasteiger charge is 1.90. The predicted molar refractivity (Wildman–Crippen MR) is 62.5 cm³/mol. The molecule has 0 bridgehead atoms. The number of hydrogen-bond acceptors (Lipinski definition) is 1. The van der Waals surface area contributed by atoms with Crippen molar-refractivity contribution >= 4 is 21.0 Å². The smallest absolute Gasteiger partial charge is 0.0632 e. The molecule has 0 aromatic rings. The Bertz CT molecular complexity index is 226. The van der Waals surface area contributed by atoms with Crippen LogP contribution in [0.15, 0.2) is 37.6 Å². The van der Waals surface area contributed by atoms with Crippen molar-refractivity contribution in [3.63, 3.8) is 0 Å². The lowest BCUT2D eigenvalue weighted by Gasteiger charge is -1.98. The zero-order valence-corrected chi connectivity index (χ0v) is 9.44. The molecule has 1 nitrogen and oxygen atoms in total.